The van der Waals surface area contributed by atoms with Crippen LogP contribution in [0.15, 0.2) is 77.8 Å². The average Bonchev–Trinajstić information content (AvgIpc) is 3.36. The molecule has 3 heterocycles. The number of rotatable bonds is 4. The molecule has 0 unspecified atom stereocenters. The van der Waals surface area contributed by atoms with Gasteiger partial charge in [0.25, 0.3) is 0 Å². The van der Waals surface area contributed by atoms with Gasteiger partial charge in [-0.25, -0.2) is 4.98 Å². The standard InChI is InChI=1S/C21H16N4O/c1-2-5-15(6-3-1)18-13-22-20(25-14-23-24-21(18)25)10-9-16-7-4-8-19-17(16)11-12-26-19/h1-8,11-14H,9-10H2. The van der Waals surface area contributed by atoms with Crippen LogP contribution in [0.4, 0.5) is 0 Å². The van der Waals surface area contributed by atoms with E-state index in [0.29, 0.717) is 0 Å². The summed E-state index contributed by atoms with van der Waals surface area (Å²) < 4.78 is 7.48. The molecule has 126 valence electrons. The second-order valence-corrected chi connectivity index (χ2v) is 6.23. The van der Waals surface area contributed by atoms with E-state index in [9.17, 15) is 0 Å². The Labute approximate surface area is 149 Å². The first kappa shape index (κ1) is 14.8. The van der Waals surface area contributed by atoms with E-state index in [-0.39, 0.29) is 0 Å². The maximum Gasteiger partial charge on any atom is 0.171 e. The van der Waals surface area contributed by atoms with Gasteiger partial charge in [-0.05, 0) is 29.7 Å². The van der Waals surface area contributed by atoms with Crippen LogP contribution in [0.25, 0.3) is 27.7 Å². The molecular weight excluding hydrogens is 324 g/mol. The number of benzene rings is 2. The van der Waals surface area contributed by atoms with Gasteiger partial charge in [0, 0.05) is 23.6 Å². The van der Waals surface area contributed by atoms with Gasteiger partial charge in [0.2, 0.25) is 0 Å². The van der Waals surface area contributed by atoms with Crippen molar-refractivity contribution in [3.8, 4) is 11.1 Å². The molecule has 0 aliphatic heterocycles. The molecular formula is C21H16N4O. The highest BCUT2D eigenvalue weighted by molar-refractivity contribution is 5.81. The minimum atomic E-state index is 0.800. The molecule has 0 bridgehead atoms. The van der Waals surface area contributed by atoms with Gasteiger partial charge in [0.1, 0.15) is 17.7 Å². The van der Waals surface area contributed by atoms with E-state index in [1.165, 1.54) is 5.56 Å². The number of aromatic nitrogens is 4. The van der Waals surface area contributed by atoms with Crippen LogP contribution in [0.3, 0.4) is 0 Å². The first-order valence-corrected chi connectivity index (χ1v) is 8.58. The lowest BCUT2D eigenvalue weighted by Gasteiger charge is -2.08. The molecule has 0 radical (unpaired) electrons. The Hall–Kier alpha value is -3.47. The maximum atomic E-state index is 5.49. The third-order valence-electron chi connectivity index (χ3n) is 4.70. The van der Waals surface area contributed by atoms with E-state index in [1.807, 2.05) is 47.0 Å². The fraction of sp³-hybridized carbons (Fsp3) is 0.0952. The van der Waals surface area contributed by atoms with Crippen LogP contribution in [0.1, 0.15) is 11.4 Å². The Morgan fingerprint density at radius 1 is 0.923 bits per heavy atom. The van der Waals surface area contributed by atoms with Crippen LogP contribution in [0, 0.1) is 0 Å². The molecule has 0 spiro atoms. The van der Waals surface area contributed by atoms with Gasteiger partial charge in [0.05, 0.1) is 6.26 Å². The smallest absolute Gasteiger partial charge is 0.171 e. The summed E-state index contributed by atoms with van der Waals surface area (Å²) in [5, 5.41) is 9.57. The minimum Gasteiger partial charge on any atom is -0.464 e. The van der Waals surface area contributed by atoms with Crippen molar-refractivity contribution < 1.29 is 4.42 Å². The van der Waals surface area contributed by atoms with E-state index in [0.717, 1.165) is 46.4 Å². The fourth-order valence-corrected chi connectivity index (χ4v) is 3.39. The van der Waals surface area contributed by atoms with Crippen molar-refractivity contribution in [2.45, 2.75) is 12.8 Å². The Morgan fingerprint density at radius 3 is 2.77 bits per heavy atom. The maximum absolute atomic E-state index is 5.49. The van der Waals surface area contributed by atoms with E-state index in [2.05, 4.69) is 28.4 Å². The SMILES string of the molecule is c1ccc(-c2cnc(CCc3cccc4occc34)n3cnnc23)cc1. The van der Waals surface area contributed by atoms with E-state index in [4.69, 9.17) is 9.40 Å². The third-order valence-corrected chi connectivity index (χ3v) is 4.70. The summed E-state index contributed by atoms with van der Waals surface area (Å²) in [6.07, 6.45) is 7.05. The van der Waals surface area contributed by atoms with Crippen LogP contribution in [-0.4, -0.2) is 19.6 Å². The Bertz CT molecular complexity index is 1190. The molecule has 5 rings (SSSR count). The van der Waals surface area contributed by atoms with E-state index in [1.54, 1.807) is 12.6 Å². The van der Waals surface area contributed by atoms with Gasteiger partial charge in [0.15, 0.2) is 5.65 Å². The molecule has 0 aliphatic rings. The molecule has 2 aromatic carbocycles. The predicted octanol–water partition coefficient (Wildman–Crippen LogP) is 4.32. The molecule has 5 nitrogen and oxygen atoms in total. The second-order valence-electron chi connectivity index (χ2n) is 6.23. The van der Waals surface area contributed by atoms with Crippen molar-refractivity contribution in [3.05, 3.63) is 84.8 Å². The lowest BCUT2D eigenvalue weighted by Crippen LogP contribution is -2.04. The molecule has 3 aromatic heterocycles. The van der Waals surface area contributed by atoms with Gasteiger partial charge in [-0.15, -0.1) is 10.2 Å². The number of furan rings is 1. The summed E-state index contributed by atoms with van der Waals surface area (Å²) in [4.78, 5) is 4.70. The molecule has 26 heavy (non-hydrogen) atoms. The van der Waals surface area contributed by atoms with Crippen molar-refractivity contribution in [2.75, 3.05) is 0 Å². The fourth-order valence-electron chi connectivity index (χ4n) is 3.39. The summed E-state index contributed by atoms with van der Waals surface area (Å²) in [6, 6.07) is 18.3. The number of aryl methyl sites for hydroxylation is 2. The van der Waals surface area contributed by atoms with Crippen LogP contribution in [0.5, 0.6) is 0 Å². The van der Waals surface area contributed by atoms with Crippen LogP contribution in [-0.2, 0) is 12.8 Å². The summed E-state index contributed by atoms with van der Waals surface area (Å²) in [7, 11) is 0. The molecule has 0 N–H and O–H groups in total. The van der Waals surface area contributed by atoms with E-state index >= 15 is 0 Å². The normalized spacial score (nSPS) is 11.4. The zero-order valence-corrected chi connectivity index (χ0v) is 14.0. The van der Waals surface area contributed by atoms with E-state index < -0.39 is 0 Å². The molecule has 0 saturated carbocycles. The largest absolute Gasteiger partial charge is 0.464 e. The highest BCUT2D eigenvalue weighted by Gasteiger charge is 2.12. The third kappa shape index (κ3) is 2.45. The molecule has 5 heteroatoms. The Morgan fingerprint density at radius 2 is 1.85 bits per heavy atom. The average molecular weight is 340 g/mol. The summed E-state index contributed by atoms with van der Waals surface area (Å²) in [5.41, 5.74) is 5.09. The number of hydrogen-bond acceptors (Lipinski definition) is 4. The minimum absolute atomic E-state index is 0.800. The van der Waals surface area contributed by atoms with Crippen molar-refractivity contribution in [1.29, 1.82) is 0 Å². The highest BCUT2D eigenvalue weighted by atomic mass is 16.3. The van der Waals surface area contributed by atoms with Crippen molar-refractivity contribution >= 4 is 16.6 Å². The zero-order chi connectivity index (χ0) is 17.3. The summed E-state index contributed by atoms with van der Waals surface area (Å²) >= 11 is 0. The van der Waals surface area contributed by atoms with Crippen molar-refractivity contribution in [1.82, 2.24) is 19.6 Å². The van der Waals surface area contributed by atoms with Gasteiger partial charge in [-0.2, -0.15) is 0 Å². The zero-order valence-electron chi connectivity index (χ0n) is 14.0. The summed E-state index contributed by atoms with van der Waals surface area (Å²) in [5.74, 6) is 0.949. The predicted molar refractivity (Wildman–Crippen MR) is 99.8 cm³/mol. The van der Waals surface area contributed by atoms with Gasteiger partial charge >= 0.3 is 0 Å². The van der Waals surface area contributed by atoms with Gasteiger partial charge < -0.3 is 4.42 Å². The number of fused-ring (bicyclic) bond motifs is 2. The van der Waals surface area contributed by atoms with Gasteiger partial charge in [-0.3, -0.25) is 4.40 Å². The van der Waals surface area contributed by atoms with Gasteiger partial charge in [-0.1, -0.05) is 42.5 Å². The monoisotopic (exact) mass is 340 g/mol. The summed E-state index contributed by atoms with van der Waals surface area (Å²) in [6.45, 7) is 0. The lowest BCUT2D eigenvalue weighted by molar-refractivity contribution is 0.615. The molecule has 0 atom stereocenters. The first-order valence-electron chi connectivity index (χ1n) is 8.58. The number of nitrogens with zero attached hydrogens (tertiary/aromatic N) is 4. The first-order chi connectivity index (χ1) is 12.9. The quantitative estimate of drug-likeness (QED) is 0.489. The van der Waals surface area contributed by atoms with Crippen LogP contribution < -0.4 is 0 Å². The molecule has 0 saturated heterocycles. The number of hydrogen-bond donors (Lipinski definition) is 0. The lowest BCUT2D eigenvalue weighted by atomic mass is 10.0. The van der Waals surface area contributed by atoms with Crippen molar-refractivity contribution in [3.63, 3.8) is 0 Å². The molecule has 0 amide bonds. The molecule has 0 aliphatic carbocycles. The van der Waals surface area contributed by atoms with Crippen LogP contribution in [0.2, 0.25) is 0 Å². The highest BCUT2D eigenvalue weighted by Crippen LogP contribution is 2.24. The molecule has 0 fully saturated rings. The van der Waals surface area contributed by atoms with Crippen molar-refractivity contribution in [2.24, 2.45) is 0 Å². The Kier molecular flexibility index (Phi) is 3.49. The topological polar surface area (TPSA) is 56.2 Å². The second kappa shape index (κ2) is 6.11. The Balaban J connectivity index is 1.51. The van der Waals surface area contributed by atoms with Crippen LogP contribution >= 0.6 is 0 Å². The molecule has 5 aromatic rings.